The summed E-state index contributed by atoms with van der Waals surface area (Å²) in [6.07, 6.45) is 0. The van der Waals surface area contributed by atoms with Gasteiger partial charge in [-0.1, -0.05) is 18.2 Å². The maximum absolute atomic E-state index is 13.2. The predicted octanol–water partition coefficient (Wildman–Crippen LogP) is 3.43. The maximum Gasteiger partial charge on any atom is 0.254 e. The summed E-state index contributed by atoms with van der Waals surface area (Å²) in [7, 11) is 3.56. The first-order valence-corrected chi connectivity index (χ1v) is 9.46. The molecule has 0 aliphatic heterocycles. The number of amides is 1. The molecule has 2 aromatic carbocycles. The predicted molar refractivity (Wildman–Crippen MR) is 117 cm³/mol. The van der Waals surface area contributed by atoms with Gasteiger partial charge in [0, 0.05) is 31.3 Å². The number of hydrogen-bond donors (Lipinski definition) is 1. The minimum absolute atomic E-state index is 0. The van der Waals surface area contributed by atoms with Crippen LogP contribution in [-0.4, -0.2) is 57.0 Å². The number of nitrogens with one attached hydrogen (secondary N) is 1. The van der Waals surface area contributed by atoms with Gasteiger partial charge in [0.25, 0.3) is 5.91 Å². The zero-order valence-corrected chi connectivity index (χ0v) is 18.2. The quantitative estimate of drug-likeness (QED) is 0.596. The van der Waals surface area contributed by atoms with Gasteiger partial charge in [0.15, 0.2) is 17.3 Å². The molecule has 1 N–H and O–H groups in total. The molecule has 0 aliphatic rings. The van der Waals surface area contributed by atoms with Crippen LogP contribution in [0.2, 0.25) is 0 Å². The van der Waals surface area contributed by atoms with E-state index < -0.39 is 0 Å². The number of hydrogen-bond acceptors (Lipinski definition) is 5. The molecule has 6 nitrogen and oxygen atoms in total. The summed E-state index contributed by atoms with van der Waals surface area (Å²) < 4.78 is 11.2. The topological polar surface area (TPSA) is 67.9 Å². The molecular weight excluding hydrogens is 392 g/mol. The van der Waals surface area contributed by atoms with E-state index in [2.05, 4.69) is 5.32 Å². The number of ketones is 1. The van der Waals surface area contributed by atoms with Crippen molar-refractivity contribution in [2.45, 2.75) is 13.8 Å². The average molecular weight is 421 g/mol. The smallest absolute Gasteiger partial charge is 0.254 e. The molecule has 158 valence electrons. The minimum Gasteiger partial charge on any atom is -0.490 e. The van der Waals surface area contributed by atoms with Crippen LogP contribution in [0.1, 0.15) is 40.1 Å². The Kier molecular flexibility index (Phi) is 10.2. The molecular formula is C22H29ClN2O4. The van der Waals surface area contributed by atoms with Crippen LogP contribution in [0.15, 0.2) is 42.5 Å². The van der Waals surface area contributed by atoms with Crippen molar-refractivity contribution in [1.82, 2.24) is 10.2 Å². The standard InChI is InChI=1S/C22H28N2O4.ClH/c1-5-27-19-12-11-16(15-20(19)28-6-2)21(25)17-9-7-8-10-18(17)22(26)24(4)14-13-23-3;/h7-12,15,23H,5-6,13-14H2,1-4H3;1H. The molecule has 0 bridgehead atoms. The lowest BCUT2D eigenvalue weighted by molar-refractivity contribution is 0.0792. The number of nitrogens with zero attached hydrogens (tertiary/aromatic N) is 1. The van der Waals surface area contributed by atoms with E-state index in [-0.39, 0.29) is 24.1 Å². The number of carbonyl (C=O) groups is 2. The van der Waals surface area contributed by atoms with Crippen LogP contribution < -0.4 is 14.8 Å². The highest BCUT2D eigenvalue weighted by Gasteiger charge is 2.21. The molecule has 7 heteroatoms. The molecule has 0 spiro atoms. The summed E-state index contributed by atoms with van der Waals surface area (Å²) in [5.41, 5.74) is 1.21. The largest absolute Gasteiger partial charge is 0.490 e. The van der Waals surface area contributed by atoms with Crippen molar-refractivity contribution in [3.63, 3.8) is 0 Å². The SMILES string of the molecule is CCOc1ccc(C(=O)c2ccccc2C(=O)N(C)CCNC)cc1OCC.Cl. The number of carbonyl (C=O) groups excluding carboxylic acids is 2. The van der Waals surface area contributed by atoms with Crippen molar-refractivity contribution in [2.24, 2.45) is 0 Å². The lowest BCUT2D eigenvalue weighted by atomic mass is 9.97. The zero-order chi connectivity index (χ0) is 20.5. The second-order valence-electron chi connectivity index (χ2n) is 6.23. The van der Waals surface area contributed by atoms with E-state index in [0.717, 1.165) is 0 Å². The highest BCUT2D eigenvalue weighted by atomic mass is 35.5. The van der Waals surface area contributed by atoms with Crippen LogP contribution in [0.25, 0.3) is 0 Å². The van der Waals surface area contributed by atoms with E-state index in [1.54, 1.807) is 54.4 Å². The van der Waals surface area contributed by atoms with Gasteiger partial charge in [-0.3, -0.25) is 9.59 Å². The molecule has 0 aliphatic carbocycles. The zero-order valence-electron chi connectivity index (χ0n) is 17.4. The van der Waals surface area contributed by atoms with Crippen molar-refractivity contribution in [3.8, 4) is 11.5 Å². The van der Waals surface area contributed by atoms with E-state index in [0.29, 0.717) is 54.5 Å². The first kappa shape index (κ1) is 24.5. The van der Waals surface area contributed by atoms with Crippen molar-refractivity contribution in [2.75, 3.05) is 40.4 Å². The van der Waals surface area contributed by atoms with Crippen molar-refractivity contribution >= 4 is 24.1 Å². The number of rotatable bonds is 10. The maximum atomic E-state index is 13.2. The Labute approximate surface area is 178 Å². The normalized spacial score (nSPS) is 10.1. The van der Waals surface area contributed by atoms with Crippen LogP contribution in [0.3, 0.4) is 0 Å². The molecule has 0 radical (unpaired) electrons. The van der Waals surface area contributed by atoms with Crippen LogP contribution in [0.4, 0.5) is 0 Å². The van der Waals surface area contributed by atoms with Gasteiger partial charge in [0.1, 0.15) is 0 Å². The Balaban J connectivity index is 0.00000420. The van der Waals surface area contributed by atoms with E-state index in [4.69, 9.17) is 9.47 Å². The fraction of sp³-hybridized carbons (Fsp3) is 0.364. The third-order valence-corrected chi connectivity index (χ3v) is 4.25. The molecule has 0 saturated heterocycles. The molecule has 1 amide bonds. The van der Waals surface area contributed by atoms with Crippen LogP contribution in [0, 0.1) is 0 Å². The monoisotopic (exact) mass is 420 g/mol. The molecule has 0 saturated carbocycles. The van der Waals surface area contributed by atoms with Gasteiger partial charge < -0.3 is 19.7 Å². The third-order valence-electron chi connectivity index (χ3n) is 4.25. The van der Waals surface area contributed by atoms with Gasteiger partial charge >= 0.3 is 0 Å². The summed E-state index contributed by atoms with van der Waals surface area (Å²) in [4.78, 5) is 27.6. The molecule has 29 heavy (non-hydrogen) atoms. The van der Waals surface area contributed by atoms with Gasteiger partial charge in [-0.25, -0.2) is 0 Å². The summed E-state index contributed by atoms with van der Waals surface area (Å²) in [6, 6.07) is 12.0. The number of benzene rings is 2. The fourth-order valence-electron chi connectivity index (χ4n) is 2.80. The van der Waals surface area contributed by atoms with Crippen molar-refractivity contribution in [1.29, 1.82) is 0 Å². The molecule has 0 fully saturated rings. The van der Waals surface area contributed by atoms with Crippen LogP contribution in [-0.2, 0) is 0 Å². The Hall–Kier alpha value is -2.57. The second kappa shape index (κ2) is 12.1. The molecule has 2 aromatic rings. The summed E-state index contributed by atoms with van der Waals surface area (Å²) in [5.74, 6) is 0.701. The van der Waals surface area contributed by atoms with Gasteiger partial charge in [0.2, 0.25) is 0 Å². The lowest BCUT2D eigenvalue weighted by Crippen LogP contribution is -2.33. The minimum atomic E-state index is -0.227. The number of ether oxygens (including phenoxy) is 2. The molecule has 0 unspecified atom stereocenters. The fourth-order valence-corrected chi connectivity index (χ4v) is 2.80. The Morgan fingerprint density at radius 1 is 0.966 bits per heavy atom. The highest BCUT2D eigenvalue weighted by molar-refractivity contribution is 6.15. The van der Waals surface area contributed by atoms with Gasteiger partial charge in [0.05, 0.1) is 18.8 Å². The number of likely N-dealkylation sites (N-methyl/N-ethyl adjacent to an activating group) is 2. The average Bonchev–Trinajstić information content (AvgIpc) is 2.72. The Bertz CT molecular complexity index is 826. The Morgan fingerprint density at radius 2 is 1.59 bits per heavy atom. The Morgan fingerprint density at radius 3 is 2.21 bits per heavy atom. The number of halogens is 1. The van der Waals surface area contributed by atoms with E-state index >= 15 is 0 Å². The lowest BCUT2D eigenvalue weighted by Gasteiger charge is -2.19. The third kappa shape index (κ3) is 6.21. The first-order chi connectivity index (χ1) is 13.5. The molecule has 2 rings (SSSR count). The van der Waals surface area contributed by atoms with Crippen molar-refractivity contribution < 1.29 is 19.1 Å². The van der Waals surface area contributed by atoms with E-state index in [1.807, 2.05) is 20.9 Å². The molecule has 0 heterocycles. The van der Waals surface area contributed by atoms with Gasteiger partial charge in [-0.05, 0) is 45.2 Å². The first-order valence-electron chi connectivity index (χ1n) is 9.46. The molecule has 0 atom stereocenters. The summed E-state index contributed by atoms with van der Waals surface area (Å²) in [5, 5.41) is 3.02. The highest BCUT2D eigenvalue weighted by Crippen LogP contribution is 2.30. The van der Waals surface area contributed by atoms with E-state index in [1.165, 1.54) is 0 Å². The summed E-state index contributed by atoms with van der Waals surface area (Å²) >= 11 is 0. The second-order valence-corrected chi connectivity index (χ2v) is 6.23. The van der Waals surface area contributed by atoms with Gasteiger partial charge in [-0.15, -0.1) is 12.4 Å². The summed E-state index contributed by atoms with van der Waals surface area (Å²) in [6.45, 7) is 5.96. The van der Waals surface area contributed by atoms with Crippen molar-refractivity contribution in [3.05, 3.63) is 59.2 Å². The van der Waals surface area contributed by atoms with Crippen LogP contribution >= 0.6 is 12.4 Å². The molecule has 0 aromatic heterocycles. The van der Waals surface area contributed by atoms with Crippen LogP contribution in [0.5, 0.6) is 11.5 Å². The van der Waals surface area contributed by atoms with E-state index in [9.17, 15) is 9.59 Å². The van der Waals surface area contributed by atoms with Gasteiger partial charge in [-0.2, -0.15) is 0 Å².